The van der Waals surface area contributed by atoms with Crippen LogP contribution in [0.15, 0.2) is 41.1 Å². The van der Waals surface area contributed by atoms with Gasteiger partial charge in [-0.2, -0.15) is 0 Å². The maximum Gasteiger partial charge on any atom is 0.138 e. The average molecular weight is 356 g/mol. The third-order valence-corrected chi connectivity index (χ3v) is 3.38. The first-order chi connectivity index (χ1) is 9.69. The molecule has 2 rings (SSSR count). The number of nitrogens with one attached hydrogen (secondary N) is 1. The third kappa shape index (κ3) is 4.39. The zero-order valence-corrected chi connectivity index (χ0v) is 13.5. The van der Waals surface area contributed by atoms with Crippen molar-refractivity contribution in [3.63, 3.8) is 0 Å². The van der Waals surface area contributed by atoms with Crippen LogP contribution in [0, 0.1) is 0 Å². The number of aromatic nitrogens is 1. The number of nitrogens with zero attached hydrogens (tertiary/aromatic N) is 1. The van der Waals surface area contributed by atoms with E-state index in [9.17, 15) is 0 Å². The summed E-state index contributed by atoms with van der Waals surface area (Å²) in [6.07, 6.45) is 4.56. The Morgan fingerprint density at radius 3 is 2.85 bits per heavy atom. The van der Waals surface area contributed by atoms with Gasteiger partial charge in [0, 0.05) is 29.1 Å². The van der Waals surface area contributed by atoms with Crippen LogP contribution in [-0.4, -0.2) is 11.6 Å². The zero-order valence-electron chi connectivity index (χ0n) is 11.2. The maximum absolute atomic E-state index is 6.19. The van der Waals surface area contributed by atoms with Crippen molar-refractivity contribution in [2.24, 2.45) is 0 Å². The molecule has 0 amide bonds. The van der Waals surface area contributed by atoms with Crippen molar-refractivity contribution in [3.8, 4) is 5.75 Å². The van der Waals surface area contributed by atoms with E-state index in [0.717, 1.165) is 27.9 Å². The Hall–Kier alpha value is -1.26. The Balaban J connectivity index is 1.98. The van der Waals surface area contributed by atoms with Gasteiger partial charge >= 0.3 is 0 Å². The van der Waals surface area contributed by atoms with Crippen molar-refractivity contribution in [2.75, 3.05) is 11.9 Å². The standard InChI is InChI=1S/C15H16BrClN2O/c1-2-5-20-15-4-3-13(7-14(15)17)19-9-11-6-12(16)10-18-8-11/h3-4,6-8,10,19H,2,5,9H2,1H3. The summed E-state index contributed by atoms with van der Waals surface area (Å²) in [7, 11) is 0. The first-order valence-corrected chi connectivity index (χ1v) is 7.62. The number of hydrogen-bond donors (Lipinski definition) is 1. The lowest BCUT2D eigenvalue weighted by Crippen LogP contribution is -2.01. The molecule has 1 N–H and O–H groups in total. The molecule has 20 heavy (non-hydrogen) atoms. The van der Waals surface area contributed by atoms with Crippen molar-refractivity contribution in [3.05, 3.63) is 51.7 Å². The van der Waals surface area contributed by atoms with Crippen molar-refractivity contribution in [2.45, 2.75) is 19.9 Å². The fourth-order valence-corrected chi connectivity index (χ4v) is 2.34. The third-order valence-electron chi connectivity index (χ3n) is 2.65. The fraction of sp³-hybridized carbons (Fsp3) is 0.267. The predicted octanol–water partition coefficient (Wildman–Crippen LogP) is 4.90. The van der Waals surface area contributed by atoms with Crippen molar-refractivity contribution in [1.29, 1.82) is 0 Å². The van der Waals surface area contributed by atoms with E-state index < -0.39 is 0 Å². The molecule has 0 fully saturated rings. The minimum absolute atomic E-state index is 0.621. The Bertz CT molecular complexity index is 578. The monoisotopic (exact) mass is 354 g/mol. The Morgan fingerprint density at radius 2 is 2.15 bits per heavy atom. The van der Waals surface area contributed by atoms with Crippen LogP contribution in [0.2, 0.25) is 5.02 Å². The number of ether oxygens (including phenoxy) is 1. The molecule has 0 spiro atoms. The number of hydrogen-bond acceptors (Lipinski definition) is 3. The smallest absolute Gasteiger partial charge is 0.138 e. The second-order valence-electron chi connectivity index (χ2n) is 4.36. The van der Waals surface area contributed by atoms with E-state index in [1.807, 2.05) is 30.5 Å². The highest BCUT2D eigenvalue weighted by molar-refractivity contribution is 9.10. The molecule has 106 valence electrons. The lowest BCUT2D eigenvalue weighted by atomic mass is 10.2. The molecule has 1 aromatic heterocycles. The van der Waals surface area contributed by atoms with Gasteiger partial charge < -0.3 is 10.1 Å². The topological polar surface area (TPSA) is 34.1 Å². The van der Waals surface area contributed by atoms with Gasteiger partial charge in [0.15, 0.2) is 0 Å². The molecule has 3 nitrogen and oxygen atoms in total. The molecule has 0 aliphatic heterocycles. The maximum atomic E-state index is 6.19. The Labute approximate surface area is 132 Å². The lowest BCUT2D eigenvalue weighted by Gasteiger charge is -2.10. The number of rotatable bonds is 6. The second kappa shape index (κ2) is 7.50. The summed E-state index contributed by atoms with van der Waals surface area (Å²) in [5, 5.41) is 3.93. The Kier molecular flexibility index (Phi) is 5.68. The summed E-state index contributed by atoms with van der Waals surface area (Å²) in [6.45, 7) is 3.43. The average Bonchev–Trinajstić information content (AvgIpc) is 2.44. The van der Waals surface area contributed by atoms with Gasteiger partial charge in [-0.05, 0) is 52.2 Å². The van der Waals surface area contributed by atoms with Crippen molar-refractivity contribution in [1.82, 2.24) is 4.98 Å². The quantitative estimate of drug-likeness (QED) is 0.800. The van der Waals surface area contributed by atoms with Crippen LogP contribution in [0.3, 0.4) is 0 Å². The number of pyridine rings is 1. The van der Waals surface area contributed by atoms with Gasteiger partial charge in [-0.25, -0.2) is 0 Å². The number of benzene rings is 1. The zero-order chi connectivity index (χ0) is 14.4. The summed E-state index contributed by atoms with van der Waals surface area (Å²) < 4.78 is 6.51. The molecular formula is C15H16BrClN2O. The minimum atomic E-state index is 0.621. The van der Waals surface area contributed by atoms with Gasteiger partial charge in [-0.3, -0.25) is 4.98 Å². The molecule has 0 unspecified atom stereocenters. The molecule has 0 aliphatic carbocycles. The van der Waals surface area contributed by atoms with Gasteiger partial charge in [0.05, 0.1) is 11.6 Å². The molecule has 1 heterocycles. The van der Waals surface area contributed by atoms with E-state index in [1.165, 1.54) is 0 Å². The summed E-state index contributed by atoms with van der Waals surface area (Å²) in [5.41, 5.74) is 2.06. The van der Waals surface area contributed by atoms with Crippen LogP contribution >= 0.6 is 27.5 Å². The molecular weight excluding hydrogens is 340 g/mol. The Morgan fingerprint density at radius 1 is 1.30 bits per heavy atom. The first kappa shape index (κ1) is 15.1. The summed E-state index contributed by atoms with van der Waals surface area (Å²) in [6, 6.07) is 7.75. The van der Waals surface area contributed by atoms with E-state index in [0.29, 0.717) is 18.2 Å². The van der Waals surface area contributed by atoms with Crippen molar-refractivity contribution < 1.29 is 4.74 Å². The van der Waals surface area contributed by atoms with Crippen LogP contribution in [0.5, 0.6) is 5.75 Å². The van der Waals surface area contributed by atoms with Crippen LogP contribution in [0.4, 0.5) is 5.69 Å². The highest BCUT2D eigenvalue weighted by Crippen LogP contribution is 2.28. The highest BCUT2D eigenvalue weighted by Gasteiger charge is 2.03. The predicted molar refractivity (Wildman–Crippen MR) is 86.5 cm³/mol. The molecule has 0 saturated heterocycles. The van der Waals surface area contributed by atoms with E-state index in [2.05, 4.69) is 33.2 Å². The molecule has 1 aromatic carbocycles. The van der Waals surface area contributed by atoms with Crippen molar-refractivity contribution >= 4 is 33.2 Å². The largest absolute Gasteiger partial charge is 0.492 e. The molecule has 0 bridgehead atoms. The van der Waals surface area contributed by atoms with Gasteiger partial charge in [-0.1, -0.05) is 18.5 Å². The normalized spacial score (nSPS) is 10.3. The number of halogens is 2. The fourth-order valence-electron chi connectivity index (χ4n) is 1.70. The van der Waals surface area contributed by atoms with Gasteiger partial charge in [0.2, 0.25) is 0 Å². The van der Waals surface area contributed by atoms with E-state index in [-0.39, 0.29) is 0 Å². The summed E-state index contributed by atoms with van der Waals surface area (Å²) >= 11 is 9.59. The first-order valence-electron chi connectivity index (χ1n) is 6.44. The SMILES string of the molecule is CCCOc1ccc(NCc2cncc(Br)c2)cc1Cl. The van der Waals surface area contributed by atoms with E-state index in [4.69, 9.17) is 16.3 Å². The molecule has 2 aromatic rings. The lowest BCUT2D eigenvalue weighted by molar-refractivity contribution is 0.317. The molecule has 0 radical (unpaired) electrons. The molecule has 0 saturated carbocycles. The van der Waals surface area contributed by atoms with Crippen LogP contribution in [0.1, 0.15) is 18.9 Å². The van der Waals surface area contributed by atoms with Crippen LogP contribution < -0.4 is 10.1 Å². The summed E-state index contributed by atoms with van der Waals surface area (Å²) in [5.74, 6) is 0.725. The summed E-state index contributed by atoms with van der Waals surface area (Å²) in [4.78, 5) is 4.13. The minimum Gasteiger partial charge on any atom is -0.492 e. The van der Waals surface area contributed by atoms with Crippen LogP contribution in [-0.2, 0) is 6.54 Å². The molecule has 0 atom stereocenters. The molecule has 0 aliphatic rings. The number of anilines is 1. The van der Waals surface area contributed by atoms with Gasteiger partial charge in [-0.15, -0.1) is 0 Å². The van der Waals surface area contributed by atoms with Gasteiger partial charge in [0.1, 0.15) is 5.75 Å². The van der Waals surface area contributed by atoms with E-state index >= 15 is 0 Å². The van der Waals surface area contributed by atoms with Gasteiger partial charge in [0.25, 0.3) is 0 Å². The molecule has 5 heteroatoms. The highest BCUT2D eigenvalue weighted by atomic mass is 79.9. The van der Waals surface area contributed by atoms with Crippen LogP contribution in [0.25, 0.3) is 0 Å². The van der Waals surface area contributed by atoms with E-state index in [1.54, 1.807) is 6.20 Å². The second-order valence-corrected chi connectivity index (χ2v) is 5.68.